The maximum absolute atomic E-state index is 5.41. The first-order valence-corrected chi connectivity index (χ1v) is 10.0. The molecule has 1 aromatic carbocycles. The Morgan fingerprint density at radius 3 is 2.57 bits per heavy atom. The lowest BCUT2D eigenvalue weighted by Crippen LogP contribution is -2.40. The van der Waals surface area contributed by atoms with Gasteiger partial charge in [-0.25, -0.2) is 4.98 Å². The van der Waals surface area contributed by atoms with Gasteiger partial charge in [-0.1, -0.05) is 0 Å². The summed E-state index contributed by atoms with van der Waals surface area (Å²) in [7, 11) is 5.22. The third-order valence-corrected chi connectivity index (χ3v) is 5.81. The molecule has 154 valence electrons. The molecule has 3 rings (SSSR count). The van der Waals surface area contributed by atoms with Crippen molar-refractivity contribution in [3.8, 4) is 11.5 Å². The molecule has 1 fully saturated rings. The van der Waals surface area contributed by atoms with Crippen molar-refractivity contribution in [1.29, 1.82) is 0 Å². The molecule has 1 aliphatic rings. The molecular weight excluding hydrogens is 487 g/mol. The van der Waals surface area contributed by atoms with Gasteiger partial charge in [0.1, 0.15) is 11.5 Å². The van der Waals surface area contributed by atoms with Crippen LogP contribution in [0.25, 0.3) is 0 Å². The van der Waals surface area contributed by atoms with Gasteiger partial charge < -0.3 is 19.7 Å². The maximum atomic E-state index is 5.41. The molecule has 1 saturated heterocycles. The Kier molecular flexibility index (Phi) is 8.81. The van der Waals surface area contributed by atoms with Crippen LogP contribution in [0.2, 0.25) is 0 Å². The standard InChI is InChI=1S/C20H28N4O2S.HI/c1-14-12-23-19(27-14)5-7-22-20(21-2)24-8-6-15(13-24)16-9-17(25-3)11-18(10-16)26-4;/h9-12,15H,5-8,13H2,1-4H3,(H,21,22);1H. The number of hydrogen-bond donors (Lipinski definition) is 1. The monoisotopic (exact) mass is 516 g/mol. The molecule has 0 radical (unpaired) electrons. The summed E-state index contributed by atoms with van der Waals surface area (Å²) in [5, 5.41) is 4.64. The number of ether oxygens (including phenoxy) is 2. The number of methoxy groups -OCH3 is 2. The molecule has 1 unspecified atom stereocenters. The van der Waals surface area contributed by atoms with Crippen molar-refractivity contribution in [2.24, 2.45) is 4.99 Å². The molecule has 2 heterocycles. The summed E-state index contributed by atoms with van der Waals surface area (Å²) in [6.45, 7) is 4.85. The van der Waals surface area contributed by atoms with Gasteiger partial charge in [0.2, 0.25) is 0 Å². The van der Waals surface area contributed by atoms with Crippen LogP contribution in [-0.2, 0) is 6.42 Å². The van der Waals surface area contributed by atoms with Gasteiger partial charge in [0, 0.05) is 56.2 Å². The third-order valence-electron chi connectivity index (χ3n) is 4.84. The normalized spacial score (nSPS) is 16.6. The zero-order chi connectivity index (χ0) is 19.2. The van der Waals surface area contributed by atoms with Crippen molar-refractivity contribution < 1.29 is 9.47 Å². The summed E-state index contributed by atoms with van der Waals surface area (Å²) in [6.07, 6.45) is 3.94. The van der Waals surface area contributed by atoms with Crippen molar-refractivity contribution in [2.45, 2.75) is 25.7 Å². The fourth-order valence-electron chi connectivity index (χ4n) is 3.42. The van der Waals surface area contributed by atoms with Gasteiger partial charge in [-0.2, -0.15) is 0 Å². The number of likely N-dealkylation sites (tertiary alicyclic amines) is 1. The highest BCUT2D eigenvalue weighted by atomic mass is 127. The van der Waals surface area contributed by atoms with E-state index in [0.717, 1.165) is 49.9 Å². The maximum Gasteiger partial charge on any atom is 0.193 e. The van der Waals surface area contributed by atoms with Gasteiger partial charge in [-0.3, -0.25) is 4.99 Å². The zero-order valence-electron chi connectivity index (χ0n) is 16.9. The number of aromatic nitrogens is 1. The third kappa shape index (κ3) is 5.73. The second-order valence-corrected chi connectivity index (χ2v) is 7.99. The van der Waals surface area contributed by atoms with E-state index in [0.29, 0.717) is 5.92 Å². The highest BCUT2D eigenvalue weighted by molar-refractivity contribution is 14.0. The van der Waals surface area contributed by atoms with E-state index in [4.69, 9.17) is 9.47 Å². The van der Waals surface area contributed by atoms with Crippen LogP contribution >= 0.6 is 35.3 Å². The van der Waals surface area contributed by atoms with Crippen LogP contribution < -0.4 is 14.8 Å². The number of rotatable bonds is 6. The van der Waals surface area contributed by atoms with E-state index >= 15 is 0 Å². The van der Waals surface area contributed by atoms with Crippen molar-refractivity contribution in [3.63, 3.8) is 0 Å². The Labute approximate surface area is 188 Å². The number of halogens is 1. The summed E-state index contributed by atoms with van der Waals surface area (Å²) >= 11 is 1.76. The molecule has 8 heteroatoms. The number of hydrogen-bond acceptors (Lipinski definition) is 5. The molecule has 0 aliphatic carbocycles. The van der Waals surface area contributed by atoms with Crippen LogP contribution in [0.15, 0.2) is 29.4 Å². The van der Waals surface area contributed by atoms with Gasteiger partial charge in [0.15, 0.2) is 5.96 Å². The molecule has 1 aliphatic heterocycles. The number of nitrogens with zero attached hydrogens (tertiary/aromatic N) is 3. The van der Waals surface area contributed by atoms with Crippen molar-refractivity contribution in [2.75, 3.05) is 40.9 Å². The Balaban J connectivity index is 0.00000280. The van der Waals surface area contributed by atoms with Gasteiger partial charge in [-0.05, 0) is 31.0 Å². The number of aliphatic imine (C=N–C) groups is 1. The summed E-state index contributed by atoms with van der Waals surface area (Å²) in [5.74, 6) is 3.07. The molecular formula is C20H29IN4O2S. The first-order valence-electron chi connectivity index (χ1n) is 9.22. The number of guanidine groups is 1. The van der Waals surface area contributed by atoms with Gasteiger partial charge in [-0.15, -0.1) is 35.3 Å². The van der Waals surface area contributed by atoms with E-state index in [1.54, 1.807) is 25.6 Å². The predicted molar refractivity (Wildman–Crippen MR) is 126 cm³/mol. The molecule has 1 aromatic heterocycles. The summed E-state index contributed by atoms with van der Waals surface area (Å²) < 4.78 is 10.8. The van der Waals surface area contributed by atoms with Crippen LogP contribution in [0, 0.1) is 6.92 Å². The van der Waals surface area contributed by atoms with Crippen LogP contribution in [0.5, 0.6) is 11.5 Å². The second-order valence-electron chi connectivity index (χ2n) is 6.67. The molecule has 6 nitrogen and oxygen atoms in total. The Morgan fingerprint density at radius 1 is 1.29 bits per heavy atom. The van der Waals surface area contributed by atoms with Gasteiger partial charge in [0.25, 0.3) is 0 Å². The lowest BCUT2D eigenvalue weighted by atomic mass is 9.98. The average Bonchev–Trinajstić information content (AvgIpc) is 3.34. The molecule has 0 bridgehead atoms. The van der Waals surface area contributed by atoms with Crippen LogP contribution in [0.3, 0.4) is 0 Å². The Hall–Kier alpha value is -1.55. The molecule has 1 N–H and O–H groups in total. The lowest BCUT2D eigenvalue weighted by molar-refractivity contribution is 0.392. The number of thiazole rings is 1. The summed E-state index contributed by atoms with van der Waals surface area (Å²) in [6, 6.07) is 6.13. The topological polar surface area (TPSA) is 59.0 Å². The zero-order valence-corrected chi connectivity index (χ0v) is 20.0. The van der Waals surface area contributed by atoms with E-state index < -0.39 is 0 Å². The largest absolute Gasteiger partial charge is 0.497 e. The van der Waals surface area contributed by atoms with Crippen LogP contribution in [-0.4, -0.2) is 56.7 Å². The fourth-order valence-corrected chi connectivity index (χ4v) is 4.21. The quantitative estimate of drug-likeness (QED) is 0.361. The SMILES string of the molecule is CN=C(NCCc1ncc(C)s1)N1CCC(c2cc(OC)cc(OC)c2)C1.I. The molecule has 0 spiro atoms. The minimum Gasteiger partial charge on any atom is -0.497 e. The molecule has 0 amide bonds. The second kappa shape index (κ2) is 10.8. The first kappa shape index (κ1) is 22.7. The van der Waals surface area contributed by atoms with E-state index in [2.05, 4.69) is 39.2 Å². The average molecular weight is 516 g/mol. The van der Waals surface area contributed by atoms with E-state index in [-0.39, 0.29) is 24.0 Å². The molecule has 0 saturated carbocycles. The van der Waals surface area contributed by atoms with Crippen LogP contribution in [0.1, 0.15) is 27.8 Å². The van der Waals surface area contributed by atoms with Gasteiger partial charge >= 0.3 is 0 Å². The molecule has 1 atom stereocenters. The minimum absolute atomic E-state index is 0. The number of benzene rings is 1. The van der Waals surface area contributed by atoms with Crippen molar-refractivity contribution in [1.82, 2.24) is 15.2 Å². The predicted octanol–water partition coefficient (Wildman–Crippen LogP) is 3.69. The van der Waals surface area contributed by atoms with Crippen molar-refractivity contribution >= 4 is 41.3 Å². The fraction of sp³-hybridized carbons (Fsp3) is 0.500. The summed E-state index contributed by atoms with van der Waals surface area (Å²) in [5.41, 5.74) is 1.25. The van der Waals surface area contributed by atoms with E-state index in [1.165, 1.54) is 15.4 Å². The number of nitrogens with one attached hydrogen (secondary N) is 1. The first-order chi connectivity index (χ1) is 13.1. The van der Waals surface area contributed by atoms with Gasteiger partial charge in [0.05, 0.1) is 19.2 Å². The van der Waals surface area contributed by atoms with E-state index in [9.17, 15) is 0 Å². The molecule has 28 heavy (non-hydrogen) atoms. The Morgan fingerprint density at radius 2 is 2.00 bits per heavy atom. The smallest absolute Gasteiger partial charge is 0.193 e. The van der Waals surface area contributed by atoms with Crippen LogP contribution in [0.4, 0.5) is 0 Å². The lowest BCUT2D eigenvalue weighted by Gasteiger charge is -2.22. The molecule has 2 aromatic rings. The summed E-state index contributed by atoms with van der Waals surface area (Å²) in [4.78, 5) is 12.5. The van der Waals surface area contributed by atoms with E-state index in [1.807, 2.05) is 19.3 Å². The van der Waals surface area contributed by atoms with Crippen molar-refractivity contribution in [3.05, 3.63) is 39.8 Å². The highest BCUT2D eigenvalue weighted by Gasteiger charge is 2.26. The highest BCUT2D eigenvalue weighted by Crippen LogP contribution is 2.32. The Bertz CT molecular complexity index is 774. The number of aryl methyl sites for hydroxylation is 1. The minimum atomic E-state index is 0.